The molecule has 2 N–H and O–H groups in total. The fourth-order valence-corrected chi connectivity index (χ4v) is 1.35. The third-order valence-corrected chi connectivity index (χ3v) is 2.08. The van der Waals surface area contributed by atoms with Gasteiger partial charge in [0.05, 0.1) is 12.1 Å². The van der Waals surface area contributed by atoms with Gasteiger partial charge in [0.25, 0.3) is 0 Å². The number of benzene rings is 1. The van der Waals surface area contributed by atoms with Gasteiger partial charge in [-0.25, -0.2) is 14.1 Å². The van der Waals surface area contributed by atoms with Gasteiger partial charge in [-0.2, -0.15) is 5.10 Å². The Morgan fingerprint density at radius 3 is 2.88 bits per heavy atom. The summed E-state index contributed by atoms with van der Waals surface area (Å²) in [5, 5.41) is 3.87. The standard InChI is InChI=1S/C10H9FN4O/c11-9-4-8(15-6-13-5-14-15)2-1-7(9)3-10(12)16/h1-2,4-6H,3H2,(H2,12,16). The van der Waals surface area contributed by atoms with Crippen LogP contribution in [0.3, 0.4) is 0 Å². The minimum atomic E-state index is -0.563. The van der Waals surface area contributed by atoms with E-state index in [2.05, 4.69) is 10.1 Å². The van der Waals surface area contributed by atoms with E-state index < -0.39 is 11.7 Å². The topological polar surface area (TPSA) is 73.8 Å². The van der Waals surface area contributed by atoms with Crippen LogP contribution in [0.25, 0.3) is 5.69 Å². The first kappa shape index (κ1) is 10.3. The summed E-state index contributed by atoms with van der Waals surface area (Å²) in [6.07, 6.45) is 2.71. The first-order chi connectivity index (χ1) is 7.66. The second-order valence-electron chi connectivity index (χ2n) is 3.26. The van der Waals surface area contributed by atoms with Crippen LogP contribution in [0.15, 0.2) is 30.9 Å². The van der Waals surface area contributed by atoms with Crippen molar-refractivity contribution in [1.82, 2.24) is 14.8 Å². The molecule has 1 amide bonds. The van der Waals surface area contributed by atoms with E-state index in [1.807, 2.05) is 0 Å². The van der Waals surface area contributed by atoms with Crippen molar-refractivity contribution >= 4 is 5.91 Å². The van der Waals surface area contributed by atoms with Gasteiger partial charge < -0.3 is 5.73 Å². The first-order valence-electron chi connectivity index (χ1n) is 4.58. The molecule has 0 spiro atoms. The normalized spacial score (nSPS) is 10.3. The predicted molar refractivity (Wildman–Crippen MR) is 54.2 cm³/mol. The van der Waals surface area contributed by atoms with E-state index in [1.54, 1.807) is 6.07 Å². The molecule has 2 rings (SSSR count). The SMILES string of the molecule is NC(=O)Cc1ccc(-n2cncn2)cc1F. The van der Waals surface area contributed by atoms with Crippen LogP contribution in [0.5, 0.6) is 0 Å². The molecule has 1 aromatic carbocycles. The predicted octanol–water partition coefficient (Wildman–Crippen LogP) is 0.434. The van der Waals surface area contributed by atoms with Crippen molar-refractivity contribution in [2.75, 3.05) is 0 Å². The third-order valence-electron chi connectivity index (χ3n) is 2.08. The van der Waals surface area contributed by atoms with Gasteiger partial charge in [-0.15, -0.1) is 0 Å². The van der Waals surface area contributed by atoms with Crippen LogP contribution >= 0.6 is 0 Å². The maximum Gasteiger partial charge on any atom is 0.221 e. The molecule has 0 aliphatic heterocycles. The van der Waals surface area contributed by atoms with Crippen molar-refractivity contribution in [3.63, 3.8) is 0 Å². The highest BCUT2D eigenvalue weighted by molar-refractivity contribution is 5.76. The Morgan fingerprint density at radius 2 is 2.31 bits per heavy atom. The summed E-state index contributed by atoms with van der Waals surface area (Å²) in [7, 11) is 0. The molecule has 0 unspecified atom stereocenters. The molecule has 0 saturated heterocycles. The first-order valence-corrected chi connectivity index (χ1v) is 4.58. The Hall–Kier alpha value is -2.24. The Bertz CT molecular complexity index is 510. The molecule has 0 aliphatic rings. The van der Waals surface area contributed by atoms with Crippen LogP contribution < -0.4 is 5.73 Å². The highest BCUT2D eigenvalue weighted by Gasteiger charge is 2.07. The van der Waals surface area contributed by atoms with Crippen molar-refractivity contribution in [3.05, 3.63) is 42.2 Å². The number of hydrogen-bond donors (Lipinski definition) is 1. The smallest absolute Gasteiger partial charge is 0.221 e. The van der Waals surface area contributed by atoms with Crippen molar-refractivity contribution < 1.29 is 9.18 Å². The molecule has 2 aromatic rings. The van der Waals surface area contributed by atoms with Crippen molar-refractivity contribution in [3.8, 4) is 5.69 Å². The van der Waals surface area contributed by atoms with E-state index in [-0.39, 0.29) is 12.0 Å². The number of aromatic nitrogens is 3. The van der Waals surface area contributed by atoms with Crippen LogP contribution in [0.2, 0.25) is 0 Å². The lowest BCUT2D eigenvalue weighted by atomic mass is 10.1. The average Bonchev–Trinajstić information content (AvgIpc) is 2.73. The zero-order chi connectivity index (χ0) is 11.5. The van der Waals surface area contributed by atoms with Crippen LogP contribution in [0, 0.1) is 5.82 Å². The van der Waals surface area contributed by atoms with Crippen LogP contribution in [-0.4, -0.2) is 20.7 Å². The zero-order valence-electron chi connectivity index (χ0n) is 8.30. The number of nitrogens with two attached hydrogens (primary N) is 1. The fourth-order valence-electron chi connectivity index (χ4n) is 1.35. The van der Waals surface area contributed by atoms with Gasteiger partial charge in [-0.05, 0) is 17.7 Å². The number of hydrogen-bond acceptors (Lipinski definition) is 3. The van der Waals surface area contributed by atoms with E-state index in [9.17, 15) is 9.18 Å². The second kappa shape index (κ2) is 4.09. The number of amides is 1. The van der Waals surface area contributed by atoms with Gasteiger partial charge >= 0.3 is 0 Å². The molecule has 0 bridgehead atoms. The largest absolute Gasteiger partial charge is 0.369 e. The number of carbonyl (C=O) groups excluding carboxylic acids is 1. The van der Waals surface area contributed by atoms with Gasteiger partial charge in [-0.1, -0.05) is 6.07 Å². The number of carbonyl (C=O) groups is 1. The lowest BCUT2D eigenvalue weighted by Crippen LogP contribution is -2.14. The van der Waals surface area contributed by atoms with Gasteiger partial charge in [0, 0.05) is 0 Å². The molecule has 6 heteroatoms. The zero-order valence-corrected chi connectivity index (χ0v) is 8.30. The average molecular weight is 220 g/mol. The molecule has 5 nitrogen and oxygen atoms in total. The molecule has 82 valence electrons. The Balaban J connectivity index is 2.33. The number of rotatable bonds is 3. The molecule has 0 atom stereocenters. The third kappa shape index (κ3) is 2.05. The molecule has 1 aromatic heterocycles. The van der Waals surface area contributed by atoms with Gasteiger partial charge in [-0.3, -0.25) is 4.79 Å². The molecule has 0 saturated carbocycles. The van der Waals surface area contributed by atoms with Crippen LogP contribution in [0.1, 0.15) is 5.56 Å². The number of nitrogens with zero attached hydrogens (tertiary/aromatic N) is 3. The van der Waals surface area contributed by atoms with E-state index in [4.69, 9.17) is 5.73 Å². The lowest BCUT2D eigenvalue weighted by Gasteiger charge is -2.04. The summed E-state index contributed by atoms with van der Waals surface area (Å²) in [5.41, 5.74) is 5.81. The highest BCUT2D eigenvalue weighted by Crippen LogP contribution is 2.13. The summed E-state index contributed by atoms with van der Waals surface area (Å²) < 4.78 is 15.0. The summed E-state index contributed by atoms with van der Waals surface area (Å²) in [4.78, 5) is 14.4. The van der Waals surface area contributed by atoms with E-state index in [0.717, 1.165) is 0 Å². The van der Waals surface area contributed by atoms with E-state index in [1.165, 1.54) is 29.5 Å². The van der Waals surface area contributed by atoms with E-state index >= 15 is 0 Å². The maximum atomic E-state index is 13.5. The van der Waals surface area contributed by atoms with Crippen molar-refractivity contribution in [2.45, 2.75) is 6.42 Å². The Kier molecular flexibility index (Phi) is 2.63. The Morgan fingerprint density at radius 1 is 1.50 bits per heavy atom. The van der Waals surface area contributed by atoms with Crippen LogP contribution in [0.4, 0.5) is 4.39 Å². The summed E-state index contributed by atoms with van der Waals surface area (Å²) in [6, 6.07) is 4.44. The van der Waals surface area contributed by atoms with Crippen molar-refractivity contribution in [2.24, 2.45) is 5.73 Å². The quantitative estimate of drug-likeness (QED) is 0.815. The molecule has 0 fully saturated rings. The number of halogens is 1. The molecule has 16 heavy (non-hydrogen) atoms. The highest BCUT2D eigenvalue weighted by atomic mass is 19.1. The van der Waals surface area contributed by atoms with Crippen LogP contribution in [-0.2, 0) is 11.2 Å². The summed E-state index contributed by atoms with van der Waals surface area (Å²) in [6.45, 7) is 0. The second-order valence-corrected chi connectivity index (χ2v) is 3.26. The maximum absolute atomic E-state index is 13.5. The molecule has 0 aliphatic carbocycles. The summed E-state index contributed by atoms with van der Waals surface area (Å²) >= 11 is 0. The molecular weight excluding hydrogens is 211 g/mol. The molecule has 0 radical (unpaired) electrons. The van der Waals surface area contributed by atoms with Gasteiger partial charge in [0.15, 0.2) is 0 Å². The minimum absolute atomic E-state index is 0.108. The lowest BCUT2D eigenvalue weighted by molar-refractivity contribution is -0.117. The number of primary amides is 1. The van der Waals surface area contributed by atoms with Crippen molar-refractivity contribution in [1.29, 1.82) is 0 Å². The molecular formula is C10H9FN4O. The molecule has 1 heterocycles. The summed E-state index contributed by atoms with van der Waals surface area (Å²) in [5.74, 6) is -1.04. The Labute approximate surface area is 90.7 Å². The van der Waals surface area contributed by atoms with Gasteiger partial charge in [0.1, 0.15) is 18.5 Å². The minimum Gasteiger partial charge on any atom is -0.369 e. The van der Waals surface area contributed by atoms with E-state index in [0.29, 0.717) is 5.69 Å². The van der Waals surface area contributed by atoms with Gasteiger partial charge in [0.2, 0.25) is 5.91 Å². The fraction of sp³-hybridized carbons (Fsp3) is 0.100. The monoisotopic (exact) mass is 220 g/mol.